The lowest BCUT2D eigenvalue weighted by molar-refractivity contribution is -0.135. The van der Waals surface area contributed by atoms with Gasteiger partial charge in [-0.1, -0.05) is 49.9 Å². The Labute approximate surface area is 211 Å². The molecule has 5 rings (SSSR count). The number of carbonyl (C=O) groups is 1. The Morgan fingerprint density at radius 1 is 1.11 bits per heavy atom. The number of nitrogens with zero attached hydrogens (tertiary/aromatic N) is 3. The summed E-state index contributed by atoms with van der Waals surface area (Å²) in [7, 11) is 0. The lowest BCUT2D eigenvalue weighted by Gasteiger charge is -2.30. The molecule has 0 N–H and O–H groups in total. The number of carbonyl (C=O) groups excluding carboxylic acids is 1. The van der Waals surface area contributed by atoms with Crippen LogP contribution in [0.3, 0.4) is 0 Å². The van der Waals surface area contributed by atoms with E-state index in [0.717, 1.165) is 17.7 Å². The van der Waals surface area contributed by atoms with Gasteiger partial charge in [-0.15, -0.1) is 0 Å². The fraction of sp³-hybridized carbons (Fsp3) is 0.367. The Morgan fingerprint density at radius 3 is 2.67 bits per heavy atom. The minimum atomic E-state index is -0.441. The highest BCUT2D eigenvalue weighted by Crippen LogP contribution is 2.30. The molecule has 0 radical (unpaired) electrons. The molecule has 1 aliphatic carbocycles. The molecule has 4 aromatic rings. The van der Waals surface area contributed by atoms with E-state index in [9.17, 15) is 9.59 Å². The number of benzene rings is 2. The highest BCUT2D eigenvalue weighted by molar-refractivity contribution is 5.79. The molecule has 1 fully saturated rings. The Kier molecular flexibility index (Phi) is 7.03. The van der Waals surface area contributed by atoms with Crippen molar-refractivity contribution in [1.82, 2.24) is 14.5 Å². The van der Waals surface area contributed by atoms with Crippen LogP contribution < -0.4 is 5.56 Å². The van der Waals surface area contributed by atoms with Crippen molar-refractivity contribution >= 4 is 16.8 Å². The molecule has 1 amide bonds. The van der Waals surface area contributed by atoms with Crippen LogP contribution in [0, 0.1) is 12.8 Å². The Morgan fingerprint density at radius 2 is 1.92 bits per heavy atom. The SMILES string of the molecule is Cc1cccc(-n2c(C(C)N(Cc3ccco3)C(=O)CCC3CCCC3)nc3ccccc3c2=O)c1. The van der Waals surface area contributed by atoms with Crippen molar-refractivity contribution in [2.45, 2.75) is 65.0 Å². The first-order valence-electron chi connectivity index (χ1n) is 12.9. The number of hydrogen-bond donors (Lipinski definition) is 0. The number of hydrogen-bond acceptors (Lipinski definition) is 4. The Hall–Kier alpha value is -3.67. The number of furan rings is 1. The minimum absolute atomic E-state index is 0.0593. The largest absolute Gasteiger partial charge is 0.467 e. The van der Waals surface area contributed by atoms with Gasteiger partial charge in [0.15, 0.2) is 0 Å². The zero-order valence-electron chi connectivity index (χ0n) is 21.0. The van der Waals surface area contributed by atoms with Gasteiger partial charge in [-0.3, -0.25) is 14.2 Å². The Balaban J connectivity index is 1.58. The van der Waals surface area contributed by atoms with Crippen LogP contribution in [0.2, 0.25) is 0 Å². The molecule has 2 aromatic carbocycles. The number of para-hydroxylation sites is 1. The van der Waals surface area contributed by atoms with E-state index < -0.39 is 6.04 Å². The van der Waals surface area contributed by atoms with Crippen molar-refractivity contribution in [2.24, 2.45) is 5.92 Å². The summed E-state index contributed by atoms with van der Waals surface area (Å²) in [4.78, 5) is 34.2. The van der Waals surface area contributed by atoms with E-state index in [2.05, 4.69) is 0 Å². The second-order valence-corrected chi connectivity index (χ2v) is 9.93. The molecule has 36 heavy (non-hydrogen) atoms. The van der Waals surface area contributed by atoms with E-state index >= 15 is 0 Å². The van der Waals surface area contributed by atoms with Gasteiger partial charge in [-0.2, -0.15) is 0 Å². The molecule has 186 valence electrons. The van der Waals surface area contributed by atoms with Crippen LogP contribution in [-0.2, 0) is 11.3 Å². The van der Waals surface area contributed by atoms with E-state index in [1.807, 2.05) is 73.3 Å². The summed E-state index contributed by atoms with van der Waals surface area (Å²) < 4.78 is 7.29. The smallest absolute Gasteiger partial charge is 0.266 e. The van der Waals surface area contributed by atoms with Gasteiger partial charge in [0.1, 0.15) is 11.6 Å². The molecule has 0 spiro atoms. The first-order chi connectivity index (χ1) is 17.5. The van der Waals surface area contributed by atoms with Crippen LogP contribution in [0.4, 0.5) is 0 Å². The van der Waals surface area contributed by atoms with Gasteiger partial charge in [-0.05, 0) is 68.1 Å². The summed E-state index contributed by atoms with van der Waals surface area (Å²) in [6.07, 6.45) is 7.94. The van der Waals surface area contributed by atoms with Crippen molar-refractivity contribution in [3.8, 4) is 5.69 Å². The van der Waals surface area contributed by atoms with Crippen LogP contribution in [-0.4, -0.2) is 20.4 Å². The van der Waals surface area contributed by atoms with Gasteiger partial charge < -0.3 is 9.32 Å². The summed E-state index contributed by atoms with van der Waals surface area (Å²) in [5, 5.41) is 0.556. The number of fused-ring (bicyclic) bond motifs is 1. The second kappa shape index (κ2) is 10.5. The number of aromatic nitrogens is 2. The maximum Gasteiger partial charge on any atom is 0.266 e. The molecule has 0 saturated heterocycles. The fourth-order valence-corrected chi connectivity index (χ4v) is 5.37. The molecule has 1 unspecified atom stereocenters. The standard InChI is InChI=1S/C30H33N3O3/c1-21-9-7-12-24(19-21)33-29(31-27-15-6-5-14-26(27)30(33)35)22(2)32(20-25-13-8-18-36-25)28(34)17-16-23-10-3-4-11-23/h5-9,12-15,18-19,22-23H,3-4,10-11,16-17,20H2,1-2H3. The maximum absolute atomic E-state index is 13.8. The van der Waals surface area contributed by atoms with Crippen molar-refractivity contribution in [3.63, 3.8) is 0 Å². The van der Waals surface area contributed by atoms with Gasteiger partial charge in [-0.25, -0.2) is 4.98 Å². The van der Waals surface area contributed by atoms with Crippen LogP contribution in [0.5, 0.6) is 0 Å². The quantitative estimate of drug-likeness (QED) is 0.293. The maximum atomic E-state index is 13.8. The first-order valence-corrected chi connectivity index (χ1v) is 12.9. The van der Waals surface area contributed by atoms with Gasteiger partial charge in [0.25, 0.3) is 5.56 Å². The van der Waals surface area contributed by atoms with Crippen LogP contribution >= 0.6 is 0 Å². The van der Waals surface area contributed by atoms with Crippen molar-refractivity contribution in [3.05, 3.63) is 94.4 Å². The van der Waals surface area contributed by atoms with E-state index in [-0.39, 0.29) is 11.5 Å². The molecule has 2 heterocycles. The molecule has 2 aromatic heterocycles. The normalized spacial score (nSPS) is 14.8. The number of amides is 1. The zero-order valence-corrected chi connectivity index (χ0v) is 21.0. The number of aryl methyl sites for hydroxylation is 1. The summed E-state index contributed by atoms with van der Waals surface area (Å²) in [6, 6.07) is 18.5. The zero-order chi connectivity index (χ0) is 25.1. The molecule has 1 saturated carbocycles. The topological polar surface area (TPSA) is 68.3 Å². The molecule has 0 bridgehead atoms. The minimum Gasteiger partial charge on any atom is -0.467 e. The molecule has 1 atom stereocenters. The molecule has 0 aliphatic heterocycles. The van der Waals surface area contributed by atoms with Crippen LogP contribution in [0.25, 0.3) is 16.6 Å². The van der Waals surface area contributed by atoms with E-state index in [1.54, 1.807) is 16.9 Å². The molecular weight excluding hydrogens is 450 g/mol. The highest BCUT2D eigenvalue weighted by atomic mass is 16.3. The van der Waals surface area contributed by atoms with Gasteiger partial charge in [0, 0.05) is 6.42 Å². The van der Waals surface area contributed by atoms with Gasteiger partial charge in [0.05, 0.1) is 35.4 Å². The van der Waals surface area contributed by atoms with Crippen molar-refractivity contribution < 1.29 is 9.21 Å². The average Bonchev–Trinajstić information content (AvgIpc) is 3.60. The van der Waals surface area contributed by atoms with E-state index in [1.165, 1.54) is 25.7 Å². The summed E-state index contributed by atoms with van der Waals surface area (Å²) in [6.45, 7) is 4.29. The summed E-state index contributed by atoms with van der Waals surface area (Å²) in [5.41, 5.74) is 2.29. The van der Waals surface area contributed by atoms with Crippen LogP contribution in [0.15, 0.2) is 76.1 Å². The molecule has 1 aliphatic rings. The van der Waals surface area contributed by atoms with Gasteiger partial charge >= 0.3 is 0 Å². The van der Waals surface area contributed by atoms with Crippen molar-refractivity contribution in [1.29, 1.82) is 0 Å². The van der Waals surface area contributed by atoms with Crippen LogP contribution in [0.1, 0.15) is 68.6 Å². The monoisotopic (exact) mass is 483 g/mol. The lowest BCUT2D eigenvalue weighted by Crippen LogP contribution is -2.37. The summed E-state index contributed by atoms with van der Waals surface area (Å²) in [5.74, 6) is 1.94. The fourth-order valence-electron chi connectivity index (χ4n) is 5.37. The molecule has 6 heteroatoms. The van der Waals surface area contributed by atoms with E-state index in [0.29, 0.717) is 41.4 Å². The number of rotatable bonds is 8. The third-order valence-electron chi connectivity index (χ3n) is 7.37. The third-order valence-corrected chi connectivity index (χ3v) is 7.37. The first kappa shape index (κ1) is 24.0. The highest BCUT2D eigenvalue weighted by Gasteiger charge is 2.28. The molecular formula is C30H33N3O3. The van der Waals surface area contributed by atoms with E-state index in [4.69, 9.17) is 9.40 Å². The van der Waals surface area contributed by atoms with Gasteiger partial charge in [0.2, 0.25) is 5.91 Å². The average molecular weight is 484 g/mol. The predicted molar refractivity (Wildman–Crippen MR) is 141 cm³/mol. The second-order valence-electron chi connectivity index (χ2n) is 9.93. The lowest BCUT2D eigenvalue weighted by atomic mass is 10.0. The Bertz CT molecular complexity index is 1400. The summed E-state index contributed by atoms with van der Waals surface area (Å²) >= 11 is 0. The molecule has 6 nitrogen and oxygen atoms in total. The van der Waals surface area contributed by atoms with Crippen molar-refractivity contribution in [2.75, 3.05) is 0 Å². The predicted octanol–water partition coefficient (Wildman–Crippen LogP) is 6.35. The third kappa shape index (κ3) is 4.99.